The van der Waals surface area contributed by atoms with E-state index < -0.39 is 17.8 Å². The number of morpholine rings is 1. The number of halogens is 3. The van der Waals surface area contributed by atoms with E-state index in [9.17, 15) is 18.0 Å². The number of ether oxygens (including phenoxy) is 1. The Morgan fingerprint density at radius 3 is 2.81 bits per heavy atom. The Labute approximate surface area is 178 Å². The summed E-state index contributed by atoms with van der Waals surface area (Å²) in [4.78, 5) is 18.4. The number of furan rings is 1. The van der Waals surface area contributed by atoms with Gasteiger partial charge in [-0.3, -0.25) is 9.79 Å². The Hall–Kier alpha value is -3.01. The number of hydrogen-bond donors (Lipinski definition) is 2. The van der Waals surface area contributed by atoms with Gasteiger partial charge in [0.1, 0.15) is 6.10 Å². The quantitative estimate of drug-likeness (QED) is 0.412. The monoisotopic (exact) mass is 438 g/mol. The molecular weight excluding hydrogens is 413 g/mol. The lowest BCUT2D eigenvalue weighted by Gasteiger charge is -2.35. The number of benzene rings is 1. The summed E-state index contributed by atoms with van der Waals surface area (Å²) in [6, 6.07) is 8.41. The fourth-order valence-corrected chi connectivity index (χ4v) is 3.21. The van der Waals surface area contributed by atoms with E-state index >= 15 is 0 Å². The molecule has 1 aromatic carbocycles. The van der Waals surface area contributed by atoms with Crippen molar-refractivity contribution in [3.63, 3.8) is 0 Å². The summed E-state index contributed by atoms with van der Waals surface area (Å²) in [5.41, 5.74) is -0.223. The van der Waals surface area contributed by atoms with Crippen LogP contribution >= 0.6 is 0 Å². The van der Waals surface area contributed by atoms with Crippen molar-refractivity contribution in [1.29, 1.82) is 0 Å². The van der Waals surface area contributed by atoms with Crippen LogP contribution in [0.4, 0.5) is 13.2 Å². The summed E-state index contributed by atoms with van der Waals surface area (Å²) < 4.78 is 49.9. The Morgan fingerprint density at radius 2 is 2.10 bits per heavy atom. The molecule has 1 saturated heterocycles. The predicted octanol–water partition coefficient (Wildman–Crippen LogP) is 3.07. The van der Waals surface area contributed by atoms with Crippen LogP contribution in [0.15, 0.2) is 52.1 Å². The molecule has 1 fully saturated rings. The zero-order valence-corrected chi connectivity index (χ0v) is 17.1. The Kier molecular flexibility index (Phi) is 7.56. The van der Waals surface area contributed by atoms with Crippen LogP contribution < -0.4 is 10.6 Å². The standard InChI is InChI=1S/C21H25F3N4O3/c1-2-25-20(27-9-8-26-19(29)17-7-4-11-30-17)28-10-12-31-18(14-28)15-5-3-6-16(13-15)21(22,23)24/h3-7,11,13,18H,2,8-10,12,14H2,1H3,(H,25,27)(H,26,29). The molecule has 7 nitrogen and oxygen atoms in total. The summed E-state index contributed by atoms with van der Waals surface area (Å²) in [6.45, 7) is 4.49. The van der Waals surface area contributed by atoms with Gasteiger partial charge in [0.05, 0.1) is 31.5 Å². The van der Waals surface area contributed by atoms with Crippen LogP contribution in [0.25, 0.3) is 0 Å². The first-order valence-electron chi connectivity index (χ1n) is 10.0. The molecule has 1 aromatic heterocycles. The number of carbonyl (C=O) groups is 1. The predicted molar refractivity (Wildman–Crippen MR) is 109 cm³/mol. The number of aliphatic imine (C=N–C) groups is 1. The van der Waals surface area contributed by atoms with Crippen molar-refractivity contribution < 1.29 is 27.1 Å². The molecule has 0 radical (unpaired) electrons. The SMILES string of the molecule is CCNC(=NCCNC(=O)c1ccco1)N1CCOC(c2cccc(C(F)(F)F)c2)C1. The molecule has 3 rings (SSSR count). The molecule has 2 heterocycles. The van der Waals surface area contributed by atoms with Gasteiger partial charge in [-0.1, -0.05) is 12.1 Å². The maximum Gasteiger partial charge on any atom is 0.416 e. The summed E-state index contributed by atoms with van der Waals surface area (Å²) in [5, 5.41) is 5.91. The van der Waals surface area contributed by atoms with Crippen LogP contribution in [0, 0.1) is 0 Å². The second kappa shape index (κ2) is 10.3. The second-order valence-electron chi connectivity index (χ2n) is 6.90. The highest BCUT2D eigenvalue weighted by Gasteiger charge is 2.32. The van der Waals surface area contributed by atoms with E-state index in [-0.39, 0.29) is 11.7 Å². The number of nitrogens with one attached hydrogen (secondary N) is 2. The Morgan fingerprint density at radius 1 is 1.26 bits per heavy atom. The smallest absolute Gasteiger partial charge is 0.416 e. The largest absolute Gasteiger partial charge is 0.459 e. The van der Waals surface area contributed by atoms with Crippen LogP contribution in [0.3, 0.4) is 0 Å². The van der Waals surface area contributed by atoms with Crippen molar-refractivity contribution in [3.8, 4) is 0 Å². The fourth-order valence-electron chi connectivity index (χ4n) is 3.21. The van der Waals surface area contributed by atoms with Gasteiger partial charge >= 0.3 is 6.18 Å². The zero-order valence-electron chi connectivity index (χ0n) is 17.1. The van der Waals surface area contributed by atoms with Crippen molar-refractivity contribution in [2.45, 2.75) is 19.2 Å². The average molecular weight is 438 g/mol. The normalized spacial score (nSPS) is 17.5. The minimum atomic E-state index is -4.40. The molecule has 2 aromatic rings. The molecule has 0 spiro atoms. The number of hydrogen-bond acceptors (Lipinski definition) is 4. The molecule has 0 aliphatic carbocycles. The number of nitrogens with zero attached hydrogens (tertiary/aromatic N) is 2. The van der Waals surface area contributed by atoms with Crippen molar-refractivity contribution >= 4 is 11.9 Å². The van der Waals surface area contributed by atoms with Gasteiger partial charge in [-0.05, 0) is 36.8 Å². The highest BCUT2D eigenvalue weighted by Crippen LogP contribution is 2.32. The molecule has 1 amide bonds. The number of rotatable bonds is 6. The van der Waals surface area contributed by atoms with Crippen molar-refractivity contribution in [3.05, 3.63) is 59.5 Å². The molecule has 1 aliphatic heterocycles. The van der Waals surface area contributed by atoms with E-state index in [0.717, 1.165) is 12.1 Å². The number of guanidine groups is 1. The van der Waals surface area contributed by atoms with Gasteiger partial charge in [0.15, 0.2) is 11.7 Å². The molecule has 0 saturated carbocycles. The van der Waals surface area contributed by atoms with Gasteiger partial charge in [-0.15, -0.1) is 0 Å². The van der Waals surface area contributed by atoms with Crippen LogP contribution in [0.1, 0.15) is 34.7 Å². The van der Waals surface area contributed by atoms with Gasteiger partial charge in [0.2, 0.25) is 0 Å². The molecular formula is C21H25F3N4O3. The molecule has 10 heteroatoms. The molecule has 1 aliphatic rings. The second-order valence-corrected chi connectivity index (χ2v) is 6.90. The van der Waals surface area contributed by atoms with E-state index in [1.807, 2.05) is 11.8 Å². The summed E-state index contributed by atoms with van der Waals surface area (Å²) in [7, 11) is 0. The first kappa shape index (κ1) is 22.7. The first-order valence-corrected chi connectivity index (χ1v) is 10.0. The van der Waals surface area contributed by atoms with Crippen molar-refractivity contribution in [1.82, 2.24) is 15.5 Å². The molecule has 2 N–H and O–H groups in total. The van der Waals surface area contributed by atoms with Crippen LogP contribution in [0.5, 0.6) is 0 Å². The molecule has 1 atom stereocenters. The third-order valence-electron chi connectivity index (χ3n) is 4.69. The fraction of sp³-hybridized carbons (Fsp3) is 0.429. The molecule has 31 heavy (non-hydrogen) atoms. The van der Waals surface area contributed by atoms with E-state index in [1.165, 1.54) is 12.3 Å². The maximum absolute atomic E-state index is 13.0. The van der Waals surface area contributed by atoms with Gasteiger partial charge in [-0.25, -0.2) is 0 Å². The average Bonchev–Trinajstić information content (AvgIpc) is 3.30. The van der Waals surface area contributed by atoms with Gasteiger partial charge in [0.25, 0.3) is 5.91 Å². The summed E-state index contributed by atoms with van der Waals surface area (Å²) in [6.07, 6.45) is -3.48. The number of alkyl halides is 3. The minimum absolute atomic E-state index is 0.230. The number of carbonyl (C=O) groups excluding carboxylic acids is 1. The van der Waals surface area contributed by atoms with Gasteiger partial charge in [-0.2, -0.15) is 13.2 Å². The Bertz CT molecular complexity index is 884. The molecule has 0 bridgehead atoms. The highest BCUT2D eigenvalue weighted by molar-refractivity contribution is 5.91. The summed E-state index contributed by atoms with van der Waals surface area (Å²) >= 11 is 0. The Balaban J connectivity index is 1.61. The van der Waals surface area contributed by atoms with E-state index in [0.29, 0.717) is 50.9 Å². The lowest BCUT2D eigenvalue weighted by molar-refractivity contribution is -0.137. The van der Waals surface area contributed by atoms with Crippen molar-refractivity contribution in [2.24, 2.45) is 4.99 Å². The van der Waals surface area contributed by atoms with Gasteiger partial charge in [0, 0.05) is 19.6 Å². The maximum atomic E-state index is 13.0. The summed E-state index contributed by atoms with van der Waals surface area (Å²) in [5.74, 6) is 0.532. The lowest BCUT2D eigenvalue weighted by Crippen LogP contribution is -2.48. The van der Waals surface area contributed by atoms with Crippen LogP contribution in [-0.2, 0) is 10.9 Å². The van der Waals surface area contributed by atoms with Crippen LogP contribution in [-0.4, -0.2) is 56.1 Å². The highest BCUT2D eigenvalue weighted by atomic mass is 19.4. The third-order valence-corrected chi connectivity index (χ3v) is 4.69. The topological polar surface area (TPSA) is 79.1 Å². The van der Waals surface area contributed by atoms with Crippen LogP contribution in [0.2, 0.25) is 0 Å². The molecule has 168 valence electrons. The van der Waals surface area contributed by atoms with Crippen molar-refractivity contribution in [2.75, 3.05) is 39.3 Å². The van der Waals surface area contributed by atoms with E-state index in [4.69, 9.17) is 9.15 Å². The lowest BCUT2D eigenvalue weighted by atomic mass is 10.0. The third kappa shape index (κ3) is 6.24. The van der Waals surface area contributed by atoms with E-state index in [2.05, 4.69) is 15.6 Å². The number of amides is 1. The zero-order chi connectivity index (χ0) is 22.3. The molecule has 1 unspecified atom stereocenters. The minimum Gasteiger partial charge on any atom is -0.459 e. The van der Waals surface area contributed by atoms with E-state index in [1.54, 1.807) is 18.2 Å². The first-order chi connectivity index (χ1) is 14.9. The van der Waals surface area contributed by atoms with Gasteiger partial charge < -0.3 is 24.7 Å².